The first-order chi connectivity index (χ1) is 6.52. The minimum absolute atomic E-state index is 0.0566. The standard InChI is InChI=1S/C10H11BrClNO/c1-7(2)13(10(12)14)9-5-3-8(11)4-6-9/h3-7H,1-2H3. The van der Waals surface area contributed by atoms with Crippen molar-refractivity contribution in [3.05, 3.63) is 28.7 Å². The smallest absolute Gasteiger partial charge is 0.296 e. The quantitative estimate of drug-likeness (QED) is 0.590. The second kappa shape index (κ2) is 4.80. The first-order valence-corrected chi connectivity index (χ1v) is 5.43. The van der Waals surface area contributed by atoms with Crippen molar-refractivity contribution in [2.24, 2.45) is 0 Å². The van der Waals surface area contributed by atoms with Crippen LogP contribution < -0.4 is 4.90 Å². The van der Waals surface area contributed by atoms with Crippen molar-refractivity contribution in [3.8, 4) is 0 Å². The Morgan fingerprint density at radius 1 is 1.36 bits per heavy atom. The lowest BCUT2D eigenvalue weighted by molar-refractivity contribution is 0.263. The molecule has 0 aliphatic rings. The Morgan fingerprint density at radius 3 is 2.21 bits per heavy atom. The predicted octanol–water partition coefficient (Wildman–Crippen LogP) is 4.02. The summed E-state index contributed by atoms with van der Waals surface area (Å²) in [4.78, 5) is 12.7. The molecule has 0 radical (unpaired) electrons. The molecule has 1 amide bonds. The van der Waals surface area contributed by atoms with Crippen molar-refractivity contribution < 1.29 is 4.79 Å². The molecule has 2 nitrogen and oxygen atoms in total. The van der Waals surface area contributed by atoms with E-state index in [1.807, 2.05) is 38.1 Å². The summed E-state index contributed by atoms with van der Waals surface area (Å²) in [7, 11) is 0. The fourth-order valence-corrected chi connectivity index (χ4v) is 1.76. The van der Waals surface area contributed by atoms with Crippen molar-refractivity contribution in [1.82, 2.24) is 0 Å². The molecule has 0 atom stereocenters. The van der Waals surface area contributed by atoms with Crippen LogP contribution in [0.5, 0.6) is 0 Å². The molecule has 0 aliphatic heterocycles. The summed E-state index contributed by atoms with van der Waals surface area (Å²) in [6.45, 7) is 3.84. The number of anilines is 1. The Morgan fingerprint density at radius 2 is 1.86 bits per heavy atom. The van der Waals surface area contributed by atoms with Gasteiger partial charge in [0, 0.05) is 16.2 Å². The van der Waals surface area contributed by atoms with Gasteiger partial charge in [0.15, 0.2) is 0 Å². The van der Waals surface area contributed by atoms with E-state index in [9.17, 15) is 4.79 Å². The lowest BCUT2D eigenvalue weighted by Crippen LogP contribution is -2.32. The summed E-state index contributed by atoms with van der Waals surface area (Å²) < 4.78 is 0.979. The van der Waals surface area contributed by atoms with Crippen LogP contribution in [-0.2, 0) is 0 Å². The van der Waals surface area contributed by atoms with Crippen LogP contribution in [0.25, 0.3) is 0 Å². The van der Waals surface area contributed by atoms with E-state index >= 15 is 0 Å². The highest BCUT2D eigenvalue weighted by Gasteiger charge is 2.16. The van der Waals surface area contributed by atoms with Gasteiger partial charge < -0.3 is 0 Å². The van der Waals surface area contributed by atoms with Gasteiger partial charge in [0.2, 0.25) is 0 Å². The first-order valence-electron chi connectivity index (χ1n) is 4.26. The van der Waals surface area contributed by atoms with Crippen LogP contribution in [0.2, 0.25) is 0 Å². The normalized spacial score (nSPS) is 10.4. The van der Waals surface area contributed by atoms with E-state index in [0.29, 0.717) is 0 Å². The molecule has 1 aromatic rings. The average Bonchev–Trinajstić information content (AvgIpc) is 2.07. The SMILES string of the molecule is CC(C)N(C(=O)Cl)c1ccc(Br)cc1. The zero-order valence-electron chi connectivity index (χ0n) is 8.00. The van der Waals surface area contributed by atoms with Crippen LogP contribution in [0.3, 0.4) is 0 Å². The largest absolute Gasteiger partial charge is 0.321 e. The van der Waals surface area contributed by atoms with Gasteiger partial charge in [-0.3, -0.25) is 9.69 Å². The molecule has 0 aliphatic carbocycles. The molecule has 14 heavy (non-hydrogen) atoms. The summed E-state index contributed by atoms with van der Waals surface area (Å²) in [5.41, 5.74) is 0.809. The third-order valence-corrected chi connectivity index (χ3v) is 2.52. The number of carbonyl (C=O) groups is 1. The van der Waals surface area contributed by atoms with Gasteiger partial charge in [0.1, 0.15) is 0 Å². The maximum Gasteiger partial charge on any atom is 0.321 e. The molecule has 0 saturated heterocycles. The van der Waals surface area contributed by atoms with E-state index in [4.69, 9.17) is 11.6 Å². The van der Waals surface area contributed by atoms with Gasteiger partial charge in [-0.15, -0.1) is 0 Å². The predicted molar refractivity (Wildman–Crippen MR) is 63.0 cm³/mol. The number of hydrogen-bond donors (Lipinski definition) is 0. The molecule has 1 aromatic carbocycles. The Hall–Kier alpha value is -0.540. The number of halogens is 2. The van der Waals surface area contributed by atoms with Crippen molar-refractivity contribution in [1.29, 1.82) is 0 Å². The van der Waals surface area contributed by atoms with Gasteiger partial charge in [-0.25, -0.2) is 0 Å². The van der Waals surface area contributed by atoms with Gasteiger partial charge in [-0.2, -0.15) is 0 Å². The average molecular weight is 277 g/mol. The molecule has 0 unspecified atom stereocenters. The van der Waals surface area contributed by atoms with Crippen LogP contribution in [0.1, 0.15) is 13.8 Å². The number of nitrogens with zero attached hydrogens (tertiary/aromatic N) is 1. The molecule has 0 N–H and O–H groups in total. The molecular formula is C10H11BrClNO. The third kappa shape index (κ3) is 2.72. The number of amides is 1. The minimum atomic E-state index is -0.456. The zero-order valence-corrected chi connectivity index (χ0v) is 10.3. The molecule has 4 heteroatoms. The summed E-state index contributed by atoms with van der Waals surface area (Å²) in [5.74, 6) is 0. The van der Waals surface area contributed by atoms with Crippen LogP contribution in [-0.4, -0.2) is 11.4 Å². The third-order valence-electron chi connectivity index (χ3n) is 1.81. The molecule has 0 aromatic heterocycles. The molecule has 76 valence electrons. The van der Waals surface area contributed by atoms with Crippen LogP contribution in [0.4, 0.5) is 10.5 Å². The minimum Gasteiger partial charge on any atom is -0.296 e. The molecule has 0 heterocycles. The molecule has 1 rings (SSSR count). The lowest BCUT2D eigenvalue weighted by Gasteiger charge is -2.23. The Labute approximate surface area is 97.0 Å². The van der Waals surface area contributed by atoms with Crippen LogP contribution in [0.15, 0.2) is 28.7 Å². The molecule has 0 bridgehead atoms. The van der Waals surface area contributed by atoms with E-state index in [1.165, 1.54) is 4.90 Å². The van der Waals surface area contributed by atoms with Gasteiger partial charge in [-0.1, -0.05) is 15.9 Å². The zero-order chi connectivity index (χ0) is 10.7. The Kier molecular flexibility index (Phi) is 3.96. The summed E-state index contributed by atoms with van der Waals surface area (Å²) in [5, 5.41) is -0.456. The highest BCUT2D eigenvalue weighted by Crippen LogP contribution is 2.21. The van der Waals surface area contributed by atoms with E-state index in [0.717, 1.165) is 10.2 Å². The number of carbonyl (C=O) groups excluding carboxylic acids is 1. The first kappa shape index (κ1) is 11.5. The second-order valence-electron chi connectivity index (χ2n) is 3.19. The van der Waals surface area contributed by atoms with Gasteiger partial charge >= 0.3 is 5.37 Å². The summed E-state index contributed by atoms with van der Waals surface area (Å²) >= 11 is 8.82. The summed E-state index contributed by atoms with van der Waals surface area (Å²) in [6, 6.07) is 7.52. The fraction of sp³-hybridized carbons (Fsp3) is 0.300. The van der Waals surface area contributed by atoms with Crippen LogP contribution in [0, 0.1) is 0 Å². The highest BCUT2D eigenvalue weighted by atomic mass is 79.9. The topological polar surface area (TPSA) is 20.3 Å². The van der Waals surface area contributed by atoms with Crippen molar-refractivity contribution in [2.75, 3.05) is 4.90 Å². The van der Waals surface area contributed by atoms with E-state index < -0.39 is 5.37 Å². The van der Waals surface area contributed by atoms with E-state index in [2.05, 4.69) is 15.9 Å². The molecular weight excluding hydrogens is 265 g/mol. The fourth-order valence-electron chi connectivity index (χ4n) is 1.20. The number of hydrogen-bond acceptors (Lipinski definition) is 1. The maximum absolute atomic E-state index is 11.2. The second-order valence-corrected chi connectivity index (χ2v) is 4.43. The van der Waals surface area contributed by atoms with Crippen LogP contribution >= 0.6 is 27.5 Å². The monoisotopic (exact) mass is 275 g/mol. The summed E-state index contributed by atoms with van der Waals surface area (Å²) in [6.07, 6.45) is 0. The van der Waals surface area contributed by atoms with Crippen molar-refractivity contribution >= 4 is 38.6 Å². The van der Waals surface area contributed by atoms with Gasteiger partial charge in [0.05, 0.1) is 0 Å². The van der Waals surface area contributed by atoms with Gasteiger partial charge in [0.25, 0.3) is 0 Å². The highest BCUT2D eigenvalue weighted by molar-refractivity contribution is 9.10. The Bertz CT molecular complexity index is 323. The number of benzene rings is 1. The molecule has 0 saturated carbocycles. The molecule has 0 fully saturated rings. The van der Waals surface area contributed by atoms with E-state index in [-0.39, 0.29) is 6.04 Å². The van der Waals surface area contributed by atoms with E-state index in [1.54, 1.807) is 0 Å². The van der Waals surface area contributed by atoms with Crippen molar-refractivity contribution in [3.63, 3.8) is 0 Å². The number of rotatable bonds is 2. The van der Waals surface area contributed by atoms with Gasteiger partial charge in [-0.05, 0) is 49.7 Å². The lowest BCUT2D eigenvalue weighted by atomic mass is 10.2. The molecule has 0 spiro atoms. The van der Waals surface area contributed by atoms with Crippen molar-refractivity contribution in [2.45, 2.75) is 19.9 Å². The maximum atomic E-state index is 11.2. The Balaban J connectivity index is 3.00.